The van der Waals surface area contributed by atoms with Gasteiger partial charge in [0.1, 0.15) is 5.82 Å². The monoisotopic (exact) mass is 432 g/mol. The Morgan fingerprint density at radius 3 is 2.59 bits per heavy atom. The van der Waals surface area contributed by atoms with Crippen LogP contribution in [-0.4, -0.2) is 22.1 Å². The molecule has 1 amide bonds. The van der Waals surface area contributed by atoms with Gasteiger partial charge in [-0.2, -0.15) is 0 Å². The van der Waals surface area contributed by atoms with E-state index in [0.717, 1.165) is 4.47 Å². The average molecular weight is 433 g/mol. The van der Waals surface area contributed by atoms with Crippen LogP contribution in [0.25, 0.3) is 11.3 Å². The Morgan fingerprint density at radius 2 is 1.93 bits per heavy atom. The topological polar surface area (TPSA) is 92.4 Å². The molecule has 0 aliphatic carbocycles. The van der Waals surface area contributed by atoms with Gasteiger partial charge in [0.15, 0.2) is 11.5 Å². The van der Waals surface area contributed by atoms with E-state index in [1.807, 2.05) is 0 Å². The Morgan fingerprint density at radius 1 is 1.19 bits per heavy atom. The third-order valence-corrected chi connectivity index (χ3v) is 4.30. The van der Waals surface area contributed by atoms with Gasteiger partial charge >= 0.3 is 5.97 Å². The van der Waals surface area contributed by atoms with Gasteiger partial charge in [0.2, 0.25) is 0 Å². The summed E-state index contributed by atoms with van der Waals surface area (Å²) in [7, 11) is 0. The summed E-state index contributed by atoms with van der Waals surface area (Å²) >= 11 is 3.33. The van der Waals surface area contributed by atoms with E-state index >= 15 is 0 Å². The average Bonchev–Trinajstić information content (AvgIpc) is 3.11. The van der Waals surface area contributed by atoms with Crippen molar-refractivity contribution in [1.82, 2.24) is 10.5 Å². The molecule has 0 unspecified atom stereocenters. The third kappa shape index (κ3) is 4.79. The molecule has 0 saturated carbocycles. The van der Waals surface area contributed by atoms with E-state index in [2.05, 4.69) is 26.4 Å². The minimum Gasteiger partial charge on any atom is -0.481 e. The minimum atomic E-state index is -1.05. The van der Waals surface area contributed by atoms with Crippen LogP contribution in [0.5, 0.6) is 0 Å². The number of halogens is 2. The van der Waals surface area contributed by atoms with Crippen LogP contribution >= 0.6 is 15.9 Å². The maximum atomic E-state index is 13.0. The molecular formula is C19H14BrFN2O4. The number of carboxylic acids is 1. The summed E-state index contributed by atoms with van der Waals surface area (Å²) in [6.07, 6.45) is -0.287. The number of aromatic nitrogens is 1. The summed E-state index contributed by atoms with van der Waals surface area (Å²) in [5.41, 5.74) is 1.21. The summed E-state index contributed by atoms with van der Waals surface area (Å²) in [6.45, 7) is 0. The van der Waals surface area contributed by atoms with Crippen molar-refractivity contribution in [2.24, 2.45) is 0 Å². The van der Waals surface area contributed by atoms with Crippen molar-refractivity contribution < 1.29 is 23.6 Å². The van der Waals surface area contributed by atoms with E-state index in [1.165, 1.54) is 30.3 Å². The standard InChI is InChI=1S/C19H14BrFN2O4/c20-13-3-1-2-12(8-13)15(10-18(24)25)22-19(26)16-9-17(27-23-16)11-4-6-14(21)7-5-11/h1-9,15H,10H2,(H,22,26)(H,24,25)/t15-/m0/s1. The first-order valence-electron chi connectivity index (χ1n) is 7.93. The highest BCUT2D eigenvalue weighted by Gasteiger charge is 2.21. The van der Waals surface area contributed by atoms with E-state index in [-0.39, 0.29) is 17.9 Å². The molecule has 0 fully saturated rings. The van der Waals surface area contributed by atoms with Crippen molar-refractivity contribution in [3.63, 3.8) is 0 Å². The minimum absolute atomic E-state index is 0.000268. The number of hydrogen-bond acceptors (Lipinski definition) is 4. The van der Waals surface area contributed by atoms with Crippen molar-refractivity contribution in [3.05, 3.63) is 76.1 Å². The number of hydrogen-bond donors (Lipinski definition) is 2. The summed E-state index contributed by atoms with van der Waals surface area (Å²) in [4.78, 5) is 23.7. The molecular weight excluding hydrogens is 419 g/mol. The highest BCUT2D eigenvalue weighted by atomic mass is 79.9. The van der Waals surface area contributed by atoms with Gasteiger partial charge in [0.25, 0.3) is 5.91 Å². The lowest BCUT2D eigenvalue weighted by Crippen LogP contribution is -2.30. The molecule has 0 radical (unpaired) electrons. The Labute approximate surface area is 162 Å². The summed E-state index contributed by atoms with van der Waals surface area (Å²) < 4.78 is 18.9. The number of nitrogens with one attached hydrogen (secondary N) is 1. The van der Waals surface area contributed by atoms with Crippen LogP contribution in [0.2, 0.25) is 0 Å². The van der Waals surface area contributed by atoms with E-state index in [0.29, 0.717) is 16.9 Å². The summed E-state index contributed by atoms with van der Waals surface area (Å²) in [5.74, 6) is -1.70. The Kier molecular flexibility index (Phi) is 5.66. The molecule has 1 atom stereocenters. The van der Waals surface area contributed by atoms with E-state index in [9.17, 15) is 14.0 Å². The number of nitrogens with zero attached hydrogens (tertiary/aromatic N) is 1. The molecule has 0 bridgehead atoms. The second-order valence-electron chi connectivity index (χ2n) is 5.76. The zero-order chi connectivity index (χ0) is 19.4. The van der Waals surface area contributed by atoms with Gasteiger partial charge in [0, 0.05) is 16.1 Å². The Balaban J connectivity index is 1.79. The molecule has 6 nitrogen and oxygen atoms in total. The second kappa shape index (κ2) is 8.13. The van der Waals surface area contributed by atoms with Crippen molar-refractivity contribution in [2.75, 3.05) is 0 Å². The second-order valence-corrected chi connectivity index (χ2v) is 6.68. The van der Waals surface area contributed by atoms with Crippen LogP contribution < -0.4 is 5.32 Å². The first-order valence-corrected chi connectivity index (χ1v) is 8.72. The molecule has 1 aromatic heterocycles. The van der Waals surface area contributed by atoms with Gasteiger partial charge in [0.05, 0.1) is 12.5 Å². The zero-order valence-corrected chi connectivity index (χ0v) is 15.4. The first-order chi connectivity index (χ1) is 12.9. The molecule has 2 aromatic carbocycles. The number of amides is 1. The highest BCUT2D eigenvalue weighted by Crippen LogP contribution is 2.23. The number of carbonyl (C=O) groups excluding carboxylic acids is 1. The van der Waals surface area contributed by atoms with E-state index < -0.39 is 17.9 Å². The Hall–Kier alpha value is -3.00. The number of aliphatic carboxylic acids is 1. The van der Waals surface area contributed by atoms with Crippen LogP contribution in [0.3, 0.4) is 0 Å². The largest absolute Gasteiger partial charge is 0.481 e. The maximum absolute atomic E-state index is 13.0. The van der Waals surface area contributed by atoms with Crippen LogP contribution in [0, 0.1) is 5.82 Å². The summed E-state index contributed by atoms with van der Waals surface area (Å²) in [5, 5.41) is 15.5. The molecule has 0 aliphatic heterocycles. The predicted octanol–water partition coefficient (Wildman–Crippen LogP) is 4.19. The SMILES string of the molecule is O=C(O)C[C@H](NC(=O)c1cc(-c2ccc(F)cc2)on1)c1cccc(Br)c1. The molecule has 1 heterocycles. The third-order valence-electron chi connectivity index (χ3n) is 3.81. The molecule has 0 saturated heterocycles. The van der Waals surface area contributed by atoms with Crippen LogP contribution in [-0.2, 0) is 4.79 Å². The van der Waals surface area contributed by atoms with Gasteiger partial charge in [-0.15, -0.1) is 0 Å². The fourth-order valence-electron chi connectivity index (χ4n) is 2.51. The quantitative estimate of drug-likeness (QED) is 0.608. The number of benzene rings is 2. The smallest absolute Gasteiger partial charge is 0.305 e. The van der Waals surface area contributed by atoms with Gasteiger partial charge < -0.3 is 14.9 Å². The van der Waals surface area contributed by atoms with Gasteiger partial charge in [-0.05, 0) is 42.0 Å². The Bertz CT molecular complexity index is 972. The van der Waals surface area contributed by atoms with Crippen molar-refractivity contribution >= 4 is 27.8 Å². The molecule has 2 N–H and O–H groups in total. The molecule has 8 heteroatoms. The van der Waals surface area contributed by atoms with Gasteiger partial charge in [-0.25, -0.2) is 4.39 Å². The number of carbonyl (C=O) groups is 2. The van der Waals surface area contributed by atoms with Gasteiger partial charge in [-0.3, -0.25) is 9.59 Å². The molecule has 3 rings (SSSR count). The van der Waals surface area contributed by atoms with Crippen molar-refractivity contribution in [1.29, 1.82) is 0 Å². The lowest BCUT2D eigenvalue weighted by Gasteiger charge is -2.17. The number of carboxylic acid groups (broad SMARTS) is 1. The molecule has 138 valence electrons. The van der Waals surface area contributed by atoms with Crippen LogP contribution in [0.1, 0.15) is 28.5 Å². The maximum Gasteiger partial charge on any atom is 0.305 e. The fourth-order valence-corrected chi connectivity index (χ4v) is 2.93. The van der Waals surface area contributed by atoms with E-state index in [4.69, 9.17) is 9.63 Å². The number of rotatable bonds is 6. The molecule has 0 aliphatic rings. The van der Waals surface area contributed by atoms with E-state index in [1.54, 1.807) is 24.3 Å². The first kappa shape index (κ1) is 18.8. The van der Waals surface area contributed by atoms with Gasteiger partial charge in [-0.1, -0.05) is 33.2 Å². The zero-order valence-electron chi connectivity index (χ0n) is 13.9. The van der Waals surface area contributed by atoms with Crippen molar-refractivity contribution in [2.45, 2.75) is 12.5 Å². The highest BCUT2D eigenvalue weighted by molar-refractivity contribution is 9.10. The van der Waals surface area contributed by atoms with Crippen LogP contribution in [0.4, 0.5) is 4.39 Å². The normalized spacial score (nSPS) is 11.8. The fraction of sp³-hybridized carbons (Fsp3) is 0.105. The van der Waals surface area contributed by atoms with Crippen LogP contribution in [0.15, 0.2) is 63.6 Å². The lowest BCUT2D eigenvalue weighted by molar-refractivity contribution is -0.137. The molecule has 0 spiro atoms. The van der Waals surface area contributed by atoms with Crippen molar-refractivity contribution in [3.8, 4) is 11.3 Å². The molecule has 3 aromatic rings. The molecule has 27 heavy (non-hydrogen) atoms. The lowest BCUT2D eigenvalue weighted by atomic mass is 10.0. The summed E-state index contributed by atoms with van der Waals surface area (Å²) in [6, 6.07) is 13.3. The predicted molar refractivity (Wildman–Crippen MR) is 98.5 cm³/mol.